The minimum Gasteiger partial charge on any atom is -0.427 e. The van der Waals surface area contributed by atoms with Crippen LogP contribution in [0.5, 0.6) is 5.75 Å². The zero-order valence-electron chi connectivity index (χ0n) is 6.90. The molecule has 0 aliphatic rings. The van der Waals surface area contributed by atoms with Crippen LogP contribution in [0.25, 0.3) is 0 Å². The van der Waals surface area contributed by atoms with Crippen molar-refractivity contribution in [3.8, 4) is 5.75 Å². The number of esters is 1. The first-order valence-electron chi connectivity index (χ1n) is 3.32. The Kier molecular flexibility index (Phi) is 5.24. The molecule has 0 aliphatic carbocycles. The van der Waals surface area contributed by atoms with E-state index in [-0.39, 0.29) is 5.97 Å². The summed E-state index contributed by atoms with van der Waals surface area (Å²) >= 11 is 5.61. The summed E-state index contributed by atoms with van der Waals surface area (Å²) in [4.78, 5) is 10.4. The predicted molar refractivity (Wildman–Crippen MR) is 46.2 cm³/mol. The molecule has 68 valence electrons. The summed E-state index contributed by atoms with van der Waals surface area (Å²) in [6.07, 6.45) is 0. The van der Waals surface area contributed by atoms with Gasteiger partial charge in [-0.1, -0.05) is 11.6 Å². The van der Waals surface area contributed by atoms with Gasteiger partial charge >= 0.3 is 5.97 Å². The second kappa shape index (κ2) is 5.98. The van der Waals surface area contributed by atoms with Gasteiger partial charge in [0.25, 0.3) is 0 Å². The van der Waals surface area contributed by atoms with Gasteiger partial charge in [-0.15, -0.1) is 0 Å². The third-order valence-electron chi connectivity index (χ3n) is 1.08. The molecule has 1 aromatic rings. The molecule has 4 nitrogen and oxygen atoms in total. The van der Waals surface area contributed by atoms with Crippen LogP contribution in [0.4, 0.5) is 0 Å². The first-order chi connectivity index (χ1) is 6.18. The molecular weight excluding hydrogens is 192 g/mol. The second-order valence-corrected chi connectivity index (χ2v) is 2.48. The summed E-state index contributed by atoms with van der Waals surface area (Å²) < 4.78 is 4.77. The zero-order valence-corrected chi connectivity index (χ0v) is 7.65. The van der Waals surface area contributed by atoms with Gasteiger partial charge in [-0.05, 0) is 24.3 Å². The molecule has 0 saturated carbocycles. The topological polar surface area (TPSA) is 73.9 Å². The molecule has 0 unspecified atom stereocenters. The normalized spacial score (nSPS) is 8.00. The highest BCUT2D eigenvalue weighted by atomic mass is 35.5. The van der Waals surface area contributed by atoms with Gasteiger partial charge in [-0.2, -0.15) is 0 Å². The Hall–Kier alpha value is -1.60. The van der Waals surface area contributed by atoms with Crippen molar-refractivity contribution < 1.29 is 9.53 Å². The monoisotopic (exact) mass is 198 g/mol. The molecule has 0 radical (unpaired) electrons. The van der Waals surface area contributed by atoms with Gasteiger partial charge in [0.05, 0.1) is 0 Å². The van der Waals surface area contributed by atoms with E-state index >= 15 is 0 Å². The summed E-state index contributed by atoms with van der Waals surface area (Å²) in [6.45, 7) is 1.36. The van der Waals surface area contributed by atoms with Gasteiger partial charge in [0, 0.05) is 22.7 Å². The molecule has 0 amide bonds. The Morgan fingerprint density at radius 2 is 1.77 bits per heavy atom. The smallest absolute Gasteiger partial charge is 0.308 e. The summed E-state index contributed by atoms with van der Waals surface area (Å²) in [6, 6.07) is 6.62. The lowest BCUT2D eigenvalue weighted by Crippen LogP contribution is -2.00. The highest BCUT2D eigenvalue weighted by molar-refractivity contribution is 6.30. The fourth-order valence-electron chi connectivity index (χ4n) is 0.669. The average molecular weight is 199 g/mol. The first-order valence-corrected chi connectivity index (χ1v) is 3.70. The van der Waals surface area contributed by atoms with Gasteiger partial charge in [-0.3, -0.25) is 4.79 Å². The van der Waals surface area contributed by atoms with Crippen LogP contribution >= 0.6 is 11.6 Å². The molecule has 5 heteroatoms. The lowest BCUT2D eigenvalue weighted by Gasteiger charge is -1.98. The van der Waals surface area contributed by atoms with E-state index in [1.54, 1.807) is 24.3 Å². The number of halogens is 1. The van der Waals surface area contributed by atoms with Crippen LogP contribution in [0.2, 0.25) is 5.02 Å². The number of hydrogen-bond donors (Lipinski definition) is 0. The third kappa shape index (κ3) is 4.77. The summed E-state index contributed by atoms with van der Waals surface area (Å²) in [5, 5.41) is 12.6. The van der Waals surface area contributed by atoms with Crippen molar-refractivity contribution in [2.75, 3.05) is 0 Å². The lowest BCUT2D eigenvalue weighted by molar-refractivity contribution is -0.131. The van der Waals surface area contributed by atoms with Gasteiger partial charge in [0.2, 0.25) is 0 Å². The van der Waals surface area contributed by atoms with Gasteiger partial charge in [0.1, 0.15) is 5.75 Å². The van der Waals surface area contributed by atoms with Crippen LogP contribution in [-0.2, 0) is 4.79 Å². The van der Waals surface area contributed by atoms with Crippen LogP contribution < -0.4 is 4.74 Å². The van der Waals surface area contributed by atoms with Crippen LogP contribution in [-0.4, -0.2) is 5.97 Å². The maximum Gasteiger partial charge on any atom is 0.308 e. The van der Waals surface area contributed by atoms with E-state index in [9.17, 15) is 4.79 Å². The minimum absolute atomic E-state index is 0.327. The van der Waals surface area contributed by atoms with E-state index in [2.05, 4.69) is 0 Å². The molecule has 0 atom stereocenters. The van der Waals surface area contributed by atoms with E-state index in [0.29, 0.717) is 10.8 Å². The van der Waals surface area contributed by atoms with Crippen LogP contribution in [0.3, 0.4) is 0 Å². The number of ether oxygens (including phenoxy) is 1. The number of nitrogens with zero attached hydrogens (tertiary/aromatic N) is 2. The maximum atomic E-state index is 10.4. The van der Waals surface area contributed by atoms with Crippen LogP contribution in [0.15, 0.2) is 24.3 Å². The van der Waals surface area contributed by atoms with Crippen molar-refractivity contribution in [2.24, 2.45) is 0 Å². The highest BCUT2D eigenvalue weighted by Gasteiger charge is 1.95. The minimum atomic E-state index is -0.327. The molecule has 0 fully saturated rings. The second-order valence-electron chi connectivity index (χ2n) is 2.05. The van der Waals surface area contributed by atoms with E-state index < -0.39 is 0 Å². The highest BCUT2D eigenvalue weighted by Crippen LogP contribution is 2.15. The average Bonchev–Trinajstić information content (AvgIpc) is 2.12. The molecule has 0 N–H and O–H groups in total. The summed E-state index contributed by atoms with van der Waals surface area (Å²) in [5.74, 6) is 0.189. The van der Waals surface area contributed by atoms with E-state index in [0.717, 1.165) is 0 Å². The maximum absolute atomic E-state index is 10.4. The van der Waals surface area contributed by atoms with Crippen molar-refractivity contribution in [2.45, 2.75) is 6.92 Å². The molecule has 0 spiro atoms. The zero-order chi connectivity index (χ0) is 10.3. The van der Waals surface area contributed by atoms with Gasteiger partial charge in [0.15, 0.2) is 0 Å². The molecular formula is C8H7ClN2O2. The van der Waals surface area contributed by atoms with Crippen LogP contribution in [0, 0.1) is 10.8 Å². The fourth-order valence-corrected chi connectivity index (χ4v) is 0.795. The number of carbonyl (C=O) groups excluding carboxylic acids is 1. The Bertz CT molecular complexity index is 295. The molecule has 1 aromatic carbocycles. The van der Waals surface area contributed by atoms with Crippen molar-refractivity contribution in [3.63, 3.8) is 0 Å². The number of rotatable bonds is 1. The fraction of sp³-hybridized carbons (Fsp3) is 0.125. The summed E-state index contributed by atoms with van der Waals surface area (Å²) in [5.41, 5.74) is 0. The van der Waals surface area contributed by atoms with Crippen molar-refractivity contribution in [3.05, 3.63) is 29.3 Å². The molecule has 0 saturated heterocycles. The molecule has 0 aromatic heterocycles. The Labute approximate surface area is 80.5 Å². The molecule has 0 aliphatic heterocycles. The SMILES string of the molecule is CC(=O)Oc1ccc(Cl)cc1.N#N. The molecule has 13 heavy (non-hydrogen) atoms. The Morgan fingerprint density at radius 3 is 2.15 bits per heavy atom. The predicted octanol–water partition coefficient (Wildman–Crippen LogP) is 2.30. The number of carbonyl (C=O) groups is 1. The molecule has 0 heterocycles. The lowest BCUT2D eigenvalue weighted by atomic mass is 10.3. The Balaban J connectivity index is 0.000000671. The van der Waals surface area contributed by atoms with Gasteiger partial charge in [-0.25, -0.2) is 0 Å². The van der Waals surface area contributed by atoms with Crippen molar-refractivity contribution in [1.82, 2.24) is 0 Å². The van der Waals surface area contributed by atoms with Gasteiger partial charge < -0.3 is 4.74 Å². The quantitative estimate of drug-likeness (QED) is 0.394. The van der Waals surface area contributed by atoms with E-state index in [1.165, 1.54) is 6.92 Å². The molecule has 0 bridgehead atoms. The third-order valence-corrected chi connectivity index (χ3v) is 1.33. The first kappa shape index (κ1) is 11.4. The van der Waals surface area contributed by atoms with Crippen molar-refractivity contribution >= 4 is 17.6 Å². The molecule has 1 rings (SSSR count). The largest absolute Gasteiger partial charge is 0.427 e. The van der Waals surface area contributed by atoms with E-state index in [1.807, 2.05) is 0 Å². The van der Waals surface area contributed by atoms with Crippen LogP contribution in [0.1, 0.15) is 6.92 Å². The Morgan fingerprint density at radius 1 is 1.31 bits per heavy atom. The summed E-state index contributed by atoms with van der Waals surface area (Å²) in [7, 11) is 0. The van der Waals surface area contributed by atoms with Crippen molar-refractivity contribution in [1.29, 1.82) is 10.8 Å². The number of benzene rings is 1. The number of hydrogen-bond acceptors (Lipinski definition) is 4. The van der Waals surface area contributed by atoms with E-state index in [4.69, 9.17) is 27.1 Å². The standard InChI is InChI=1S/C8H7ClO2.N2/c1-6(10)11-8-4-2-7(9)3-5-8;1-2/h2-5H,1H3;.